The number of hydrogen-bond donors (Lipinski definition) is 1. The molecule has 3 aromatic carbocycles. The molecule has 0 radical (unpaired) electrons. The fourth-order valence-electron chi connectivity index (χ4n) is 4.82. The zero-order valence-corrected chi connectivity index (χ0v) is 16.3. The van der Waals surface area contributed by atoms with Crippen LogP contribution in [0.5, 0.6) is 5.75 Å². The molecule has 2 aliphatic rings. The molecule has 1 saturated heterocycles. The number of aromatic hydroxyl groups is 1. The normalized spacial score (nSPS) is 25.4. The van der Waals surface area contributed by atoms with Crippen molar-refractivity contribution in [3.8, 4) is 5.75 Å². The molecule has 1 aliphatic heterocycles. The monoisotopic (exact) mass is 395 g/mol. The Kier molecular flexibility index (Phi) is 4.47. The molecule has 1 aliphatic carbocycles. The Morgan fingerprint density at radius 1 is 0.633 bits per heavy atom. The summed E-state index contributed by atoms with van der Waals surface area (Å²) < 4.78 is 0. The second-order valence-corrected chi connectivity index (χ2v) is 7.84. The molecule has 4 heteroatoms. The van der Waals surface area contributed by atoms with Crippen LogP contribution in [0, 0.1) is 11.8 Å². The van der Waals surface area contributed by atoms with Crippen molar-refractivity contribution in [2.45, 2.75) is 11.8 Å². The first-order chi connectivity index (χ1) is 14.6. The summed E-state index contributed by atoms with van der Waals surface area (Å²) in [6.07, 6.45) is 4.15. The fraction of sp³-hybridized carbons (Fsp3) is 0.154. The first kappa shape index (κ1) is 18.4. The number of imide groups is 1. The van der Waals surface area contributed by atoms with Gasteiger partial charge in [-0.3, -0.25) is 9.59 Å². The lowest BCUT2D eigenvalue weighted by atomic mass is 9.68. The molecule has 4 atom stereocenters. The lowest BCUT2D eigenvalue weighted by Crippen LogP contribution is -2.31. The van der Waals surface area contributed by atoms with E-state index in [9.17, 15) is 14.7 Å². The molecule has 1 heterocycles. The van der Waals surface area contributed by atoms with Crippen molar-refractivity contribution in [2.75, 3.05) is 4.90 Å². The summed E-state index contributed by atoms with van der Waals surface area (Å²) in [5.74, 6) is -1.72. The topological polar surface area (TPSA) is 57.6 Å². The molecule has 2 amide bonds. The zero-order valence-electron chi connectivity index (χ0n) is 16.3. The van der Waals surface area contributed by atoms with Gasteiger partial charge in [0.15, 0.2) is 0 Å². The number of rotatable bonds is 3. The third-order valence-corrected chi connectivity index (χ3v) is 6.15. The maximum Gasteiger partial charge on any atom is 0.238 e. The number of nitrogens with zero attached hydrogens (tertiary/aromatic N) is 1. The third-order valence-electron chi connectivity index (χ3n) is 6.15. The van der Waals surface area contributed by atoms with Crippen LogP contribution in [0.15, 0.2) is 97.1 Å². The lowest BCUT2D eigenvalue weighted by molar-refractivity contribution is -0.122. The number of carbonyl (C=O) groups excluding carboxylic acids is 2. The maximum absolute atomic E-state index is 13.6. The molecule has 1 N–H and O–H groups in total. The minimum absolute atomic E-state index is 0.0281. The Labute approximate surface area is 175 Å². The smallest absolute Gasteiger partial charge is 0.238 e. The highest BCUT2D eigenvalue weighted by Crippen LogP contribution is 2.50. The Bertz CT molecular complexity index is 1060. The van der Waals surface area contributed by atoms with E-state index in [1.165, 1.54) is 17.0 Å². The van der Waals surface area contributed by atoms with Crippen LogP contribution in [0.25, 0.3) is 0 Å². The molecule has 0 aromatic heterocycles. The van der Waals surface area contributed by atoms with Crippen molar-refractivity contribution in [1.29, 1.82) is 0 Å². The van der Waals surface area contributed by atoms with Crippen LogP contribution in [-0.2, 0) is 9.59 Å². The second kappa shape index (κ2) is 7.30. The zero-order chi connectivity index (χ0) is 20.7. The van der Waals surface area contributed by atoms with Crippen LogP contribution < -0.4 is 4.90 Å². The molecule has 0 unspecified atom stereocenters. The number of phenols is 1. The van der Waals surface area contributed by atoms with Gasteiger partial charge in [-0.25, -0.2) is 4.90 Å². The standard InChI is InChI=1S/C26H21NO3/c28-20-13-7-12-19(16-20)27-25(29)23-21(17-8-3-1-4-9-17)14-15-22(24(23)26(27)30)18-10-5-2-6-11-18/h1-16,21-24,28H/t21-,22+,23+,24-. The van der Waals surface area contributed by atoms with Crippen molar-refractivity contribution in [2.24, 2.45) is 11.8 Å². The first-order valence-corrected chi connectivity index (χ1v) is 10.1. The number of carbonyl (C=O) groups is 2. The van der Waals surface area contributed by atoms with Gasteiger partial charge in [0.2, 0.25) is 11.8 Å². The molecule has 0 spiro atoms. The molecule has 0 saturated carbocycles. The van der Waals surface area contributed by atoms with Gasteiger partial charge >= 0.3 is 0 Å². The number of benzene rings is 3. The number of allylic oxidation sites excluding steroid dienone is 2. The van der Waals surface area contributed by atoms with E-state index in [1.54, 1.807) is 12.1 Å². The number of hydrogen-bond acceptors (Lipinski definition) is 3. The van der Waals surface area contributed by atoms with Gasteiger partial charge in [-0.2, -0.15) is 0 Å². The Morgan fingerprint density at radius 3 is 1.60 bits per heavy atom. The quantitative estimate of drug-likeness (QED) is 0.519. The Balaban J connectivity index is 1.64. The van der Waals surface area contributed by atoms with Crippen LogP contribution in [-0.4, -0.2) is 16.9 Å². The number of amides is 2. The van der Waals surface area contributed by atoms with E-state index >= 15 is 0 Å². The van der Waals surface area contributed by atoms with E-state index < -0.39 is 11.8 Å². The van der Waals surface area contributed by atoms with E-state index in [0.717, 1.165) is 11.1 Å². The summed E-state index contributed by atoms with van der Waals surface area (Å²) in [4.78, 5) is 28.5. The van der Waals surface area contributed by atoms with Crippen LogP contribution >= 0.6 is 0 Å². The van der Waals surface area contributed by atoms with Gasteiger partial charge in [0.1, 0.15) is 5.75 Å². The van der Waals surface area contributed by atoms with Crippen molar-refractivity contribution in [3.05, 3.63) is 108 Å². The highest BCUT2D eigenvalue weighted by Gasteiger charge is 2.55. The summed E-state index contributed by atoms with van der Waals surface area (Å²) in [7, 11) is 0. The van der Waals surface area contributed by atoms with Gasteiger partial charge in [-0.15, -0.1) is 0 Å². The Morgan fingerprint density at radius 2 is 1.13 bits per heavy atom. The summed E-state index contributed by atoms with van der Waals surface area (Å²) in [5.41, 5.74) is 2.46. The predicted octanol–water partition coefficient (Wildman–Crippen LogP) is 4.64. The number of phenolic OH excluding ortho intramolecular Hbond substituents is 1. The van der Waals surface area contributed by atoms with Gasteiger partial charge < -0.3 is 5.11 Å². The molecule has 5 rings (SSSR count). The molecular formula is C26H21NO3. The second-order valence-electron chi connectivity index (χ2n) is 7.84. The van der Waals surface area contributed by atoms with E-state index in [2.05, 4.69) is 12.2 Å². The average Bonchev–Trinajstić information content (AvgIpc) is 3.05. The highest BCUT2D eigenvalue weighted by molar-refractivity contribution is 6.23. The predicted molar refractivity (Wildman–Crippen MR) is 115 cm³/mol. The van der Waals surface area contributed by atoms with E-state index in [1.807, 2.05) is 60.7 Å². The molecular weight excluding hydrogens is 374 g/mol. The number of anilines is 1. The SMILES string of the molecule is O=C1[C@@H]2[C@H](C(=O)N1c1cccc(O)c1)[C@H](c1ccccc1)C=C[C@@H]2c1ccccc1. The largest absolute Gasteiger partial charge is 0.508 e. The van der Waals surface area contributed by atoms with Crippen LogP contribution in [0.4, 0.5) is 5.69 Å². The lowest BCUT2D eigenvalue weighted by Gasteiger charge is -2.32. The molecule has 4 nitrogen and oxygen atoms in total. The summed E-state index contributed by atoms with van der Waals surface area (Å²) >= 11 is 0. The van der Waals surface area contributed by atoms with E-state index in [4.69, 9.17) is 0 Å². The average molecular weight is 395 g/mol. The summed E-state index contributed by atoms with van der Waals surface area (Å²) in [6.45, 7) is 0. The highest BCUT2D eigenvalue weighted by atomic mass is 16.3. The third kappa shape index (κ3) is 2.92. The minimum Gasteiger partial charge on any atom is -0.508 e. The maximum atomic E-state index is 13.6. The van der Waals surface area contributed by atoms with Gasteiger partial charge in [-0.05, 0) is 23.3 Å². The van der Waals surface area contributed by atoms with E-state index in [0.29, 0.717) is 5.69 Å². The van der Waals surface area contributed by atoms with Gasteiger partial charge in [0.05, 0.1) is 17.5 Å². The minimum atomic E-state index is -0.488. The number of fused-ring (bicyclic) bond motifs is 1. The summed E-state index contributed by atoms with van der Waals surface area (Å²) in [6, 6.07) is 26.1. The van der Waals surface area contributed by atoms with Crippen LogP contribution in [0.3, 0.4) is 0 Å². The van der Waals surface area contributed by atoms with Crippen molar-refractivity contribution >= 4 is 17.5 Å². The summed E-state index contributed by atoms with van der Waals surface area (Å²) in [5, 5.41) is 9.90. The van der Waals surface area contributed by atoms with Crippen LogP contribution in [0.1, 0.15) is 23.0 Å². The van der Waals surface area contributed by atoms with Crippen molar-refractivity contribution < 1.29 is 14.7 Å². The fourth-order valence-corrected chi connectivity index (χ4v) is 4.82. The molecule has 148 valence electrons. The molecule has 1 fully saturated rings. The van der Waals surface area contributed by atoms with Crippen molar-refractivity contribution in [3.63, 3.8) is 0 Å². The van der Waals surface area contributed by atoms with Crippen molar-refractivity contribution in [1.82, 2.24) is 0 Å². The molecule has 3 aromatic rings. The molecule has 30 heavy (non-hydrogen) atoms. The van der Waals surface area contributed by atoms with Gasteiger partial charge in [0, 0.05) is 17.9 Å². The Hall–Kier alpha value is -3.66. The van der Waals surface area contributed by atoms with Crippen LogP contribution in [0.2, 0.25) is 0 Å². The molecule has 0 bridgehead atoms. The first-order valence-electron chi connectivity index (χ1n) is 10.1. The van der Waals surface area contributed by atoms with Gasteiger partial charge in [0.25, 0.3) is 0 Å². The van der Waals surface area contributed by atoms with Gasteiger partial charge in [-0.1, -0.05) is 78.9 Å². The van der Waals surface area contributed by atoms with E-state index in [-0.39, 0.29) is 29.4 Å².